The van der Waals surface area contributed by atoms with Crippen LogP contribution in [0.4, 0.5) is 26.3 Å². The highest BCUT2D eigenvalue weighted by molar-refractivity contribution is 5.51. The molecule has 1 N–H and O–H groups in total. The smallest absolute Gasteiger partial charge is 0.340 e. The molecule has 0 amide bonds. The van der Waals surface area contributed by atoms with E-state index in [-0.39, 0.29) is 17.9 Å². The largest absolute Gasteiger partial charge is 0.487 e. The maximum Gasteiger partial charge on any atom is 0.340 e. The summed E-state index contributed by atoms with van der Waals surface area (Å²) in [6.07, 6.45) is 4.18. The average Bonchev–Trinajstić information content (AvgIpc) is 3.58. The Morgan fingerprint density at radius 3 is 2.29 bits per heavy atom. The molecule has 14 heteroatoms. The van der Waals surface area contributed by atoms with Crippen molar-refractivity contribution in [3.63, 3.8) is 0 Å². The average molecular weight is 538 g/mol. The standard InChI is InChI=1S/C24H20F6N6O2/c25-17-4-7-19(20(26)9-17)23(37,10-35-14-31-12-33-35)21(36-15-32-13-34-36)8-3-16-1-5-18(6-2-16)38-11-24(29,30)22(27)28/h1-9,12-15,21-22,37H,10-11H2/t21?,23-/m0/s1. The van der Waals surface area contributed by atoms with Gasteiger partial charge in [-0.25, -0.2) is 36.9 Å². The van der Waals surface area contributed by atoms with Gasteiger partial charge in [0.15, 0.2) is 6.61 Å². The molecule has 1 unspecified atom stereocenters. The molecule has 2 heterocycles. The molecule has 0 aliphatic heterocycles. The summed E-state index contributed by atoms with van der Waals surface area (Å²) >= 11 is 0. The Hall–Kier alpha value is -4.20. The topological polar surface area (TPSA) is 90.9 Å². The number of alkyl halides is 4. The number of nitrogens with zero attached hydrogens (tertiary/aromatic N) is 6. The van der Waals surface area contributed by atoms with Gasteiger partial charge in [0.25, 0.3) is 0 Å². The van der Waals surface area contributed by atoms with Gasteiger partial charge in [-0.15, -0.1) is 0 Å². The Bertz CT molecular complexity index is 1350. The Morgan fingerprint density at radius 1 is 0.974 bits per heavy atom. The number of rotatable bonds is 11. The van der Waals surface area contributed by atoms with Gasteiger partial charge in [-0.2, -0.15) is 19.0 Å². The monoisotopic (exact) mass is 538 g/mol. The molecule has 0 radical (unpaired) electrons. The van der Waals surface area contributed by atoms with Crippen molar-refractivity contribution < 1.29 is 36.2 Å². The third-order valence-corrected chi connectivity index (χ3v) is 5.58. The lowest BCUT2D eigenvalue weighted by Gasteiger charge is -2.35. The maximum atomic E-state index is 15.0. The van der Waals surface area contributed by atoms with Gasteiger partial charge in [-0.05, 0) is 23.8 Å². The Balaban J connectivity index is 1.66. The molecule has 0 fully saturated rings. The fourth-order valence-electron chi connectivity index (χ4n) is 3.69. The first-order valence-electron chi connectivity index (χ1n) is 11.0. The number of hydrogen-bond acceptors (Lipinski definition) is 6. The van der Waals surface area contributed by atoms with Crippen LogP contribution in [0.2, 0.25) is 0 Å². The van der Waals surface area contributed by atoms with E-state index >= 15 is 0 Å². The Kier molecular flexibility index (Phi) is 7.80. The van der Waals surface area contributed by atoms with E-state index in [1.807, 2.05) is 0 Å². The van der Waals surface area contributed by atoms with Crippen molar-refractivity contribution >= 4 is 6.08 Å². The van der Waals surface area contributed by atoms with Gasteiger partial charge in [-0.1, -0.05) is 30.4 Å². The van der Waals surface area contributed by atoms with Crippen LogP contribution in [0.15, 0.2) is 73.8 Å². The first kappa shape index (κ1) is 26.9. The van der Waals surface area contributed by atoms with E-state index < -0.39 is 42.2 Å². The molecule has 0 bridgehead atoms. The molecule has 0 saturated heterocycles. The number of benzene rings is 2. The van der Waals surface area contributed by atoms with Gasteiger partial charge < -0.3 is 9.84 Å². The summed E-state index contributed by atoms with van der Waals surface area (Å²) in [6.45, 7) is -1.80. The third kappa shape index (κ3) is 6.02. The minimum atomic E-state index is -4.30. The molecule has 38 heavy (non-hydrogen) atoms. The molecular weight excluding hydrogens is 518 g/mol. The van der Waals surface area contributed by atoms with Gasteiger partial charge in [0.1, 0.15) is 54.3 Å². The van der Waals surface area contributed by atoms with Crippen LogP contribution in [0.25, 0.3) is 6.08 Å². The predicted octanol–water partition coefficient (Wildman–Crippen LogP) is 4.27. The van der Waals surface area contributed by atoms with Crippen molar-refractivity contribution in [3.8, 4) is 5.75 Å². The SMILES string of the molecule is O[C@@](Cn1cncn1)(c1ccc(F)cc1F)C(C=Cc1ccc(OCC(F)(F)C(F)F)cc1)n1cncn1. The highest BCUT2D eigenvalue weighted by Gasteiger charge is 2.43. The number of aliphatic hydroxyl groups is 1. The van der Waals surface area contributed by atoms with E-state index in [1.54, 1.807) is 0 Å². The van der Waals surface area contributed by atoms with Crippen LogP contribution in [-0.4, -0.2) is 53.6 Å². The minimum Gasteiger partial charge on any atom is -0.487 e. The van der Waals surface area contributed by atoms with Crippen molar-refractivity contribution in [1.82, 2.24) is 29.5 Å². The van der Waals surface area contributed by atoms with Crippen LogP contribution >= 0.6 is 0 Å². The van der Waals surface area contributed by atoms with Gasteiger partial charge in [0.05, 0.1) is 6.54 Å². The van der Waals surface area contributed by atoms with Gasteiger partial charge in [0, 0.05) is 11.6 Å². The second kappa shape index (κ2) is 11.0. The number of aromatic nitrogens is 6. The summed E-state index contributed by atoms with van der Waals surface area (Å²) in [5.41, 5.74) is -1.84. The van der Waals surface area contributed by atoms with Crippen molar-refractivity contribution in [2.45, 2.75) is 30.5 Å². The number of hydrogen-bond donors (Lipinski definition) is 1. The number of halogens is 6. The summed E-state index contributed by atoms with van der Waals surface area (Å²) in [4.78, 5) is 7.72. The number of ether oxygens (including phenoxy) is 1. The van der Waals surface area contributed by atoms with Crippen molar-refractivity contribution in [2.24, 2.45) is 0 Å². The molecule has 4 rings (SSSR count). The summed E-state index contributed by atoms with van der Waals surface area (Å²) in [7, 11) is 0. The zero-order valence-electron chi connectivity index (χ0n) is 19.4. The van der Waals surface area contributed by atoms with Crippen molar-refractivity contribution in [3.05, 3.63) is 96.6 Å². The van der Waals surface area contributed by atoms with E-state index in [4.69, 9.17) is 4.74 Å². The van der Waals surface area contributed by atoms with E-state index in [9.17, 15) is 31.4 Å². The second-order valence-electron chi connectivity index (χ2n) is 8.24. The molecule has 0 aliphatic carbocycles. The molecule has 2 aromatic carbocycles. The van der Waals surface area contributed by atoms with E-state index in [0.29, 0.717) is 11.6 Å². The minimum absolute atomic E-state index is 0.0635. The quantitative estimate of drug-likeness (QED) is 0.287. The maximum absolute atomic E-state index is 15.0. The Morgan fingerprint density at radius 2 is 1.68 bits per heavy atom. The van der Waals surface area contributed by atoms with E-state index in [2.05, 4.69) is 20.2 Å². The van der Waals surface area contributed by atoms with Crippen LogP contribution in [0.1, 0.15) is 17.2 Å². The molecule has 8 nitrogen and oxygen atoms in total. The first-order valence-corrected chi connectivity index (χ1v) is 11.0. The van der Waals surface area contributed by atoms with Gasteiger partial charge >= 0.3 is 12.3 Å². The summed E-state index contributed by atoms with van der Waals surface area (Å²) < 4.78 is 86.8. The Labute approximate surface area is 211 Å². The van der Waals surface area contributed by atoms with Crippen LogP contribution in [0, 0.1) is 11.6 Å². The van der Waals surface area contributed by atoms with Crippen LogP contribution in [-0.2, 0) is 12.1 Å². The lowest BCUT2D eigenvalue weighted by atomic mass is 9.85. The normalized spacial score (nSPS) is 14.6. The first-order chi connectivity index (χ1) is 18.1. The molecule has 4 aromatic rings. The third-order valence-electron chi connectivity index (χ3n) is 5.58. The van der Waals surface area contributed by atoms with Crippen LogP contribution in [0.5, 0.6) is 5.75 Å². The summed E-state index contributed by atoms with van der Waals surface area (Å²) in [5, 5.41) is 20.0. The van der Waals surface area contributed by atoms with Gasteiger partial charge in [-0.3, -0.25) is 0 Å². The fourth-order valence-corrected chi connectivity index (χ4v) is 3.69. The second-order valence-corrected chi connectivity index (χ2v) is 8.24. The zero-order valence-corrected chi connectivity index (χ0v) is 19.4. The predicted molar refractivity (Wildman–Crippen MR) is 121 cm³/mol. The molecule has 2 atom stereocenters. The highest BCUT2D eigenvalue weighted by atomic mass is 19.3. The molecular formula is C24H20F6N6O2. The molecule has 0 aliphatic rings. The van der Waals surface area contributed by atoms with Crippen LogP contribution < -0.4 is 4.74 Å². The molecule has 0 saturated carbocycles. The molecule has 200 valence electrons. The molecule has 0 spiro atoms. The summed E-state index contributed by atoms with van der Waals surface area (Å²) in [6, 6.07) is 7.15. The summed E-state index contributed by atoms with van der Waals surface area (Å²) in [5.74, 6) is -6.20. The van der Waals surface area contributed by atoms with Crippen molar-refractivity contribution in [2.75, 3.05) is 6.61 Å². The van der Waals surface area contributed by atoms with E-state index in [0.717, 1.165) is 12.1 Å². The molecule has 2 aromatic heterocycles. The van der Waals surface area contributed by atoms with E-state index in [1.165, 1.54) is 71.1 Å². The highest BCUT2D eigenvalue weighted by Crippen LogP contribution is 2.38. The lowest BCUT2D eigenvalue weighted by molar-refractivity contribution is -0.148. The van der Waals surface area contributed by atoms with Crippen LogP contribution in [0.3, 0.4) is 0 Å². The zero-order chi connectivity index (χ0) is 27.3. The van der Waals surface area contributed by atoms with Gasteiger partial charge in [0.2, 0.25) is 0 Å². The van der Waals surface area contributed by atoms with Crippen molar-refractivity contribution in [1.29, 1.82) is 0 Å². The fraction of sp³-hybridized carbons (Fsp3) is 0.250. The lowest BCUT2D eigenvalue weighted by Crippen LogP contribution is -2.41.